The van der Waals surface area contributed by atoms with E-state index in [0.29, 0.717) is 22.3 Å². The summed E-state index contributed by atoms with van der Waals surface area (Å²) < 4.78 is 5.50. The van der Waals surface area contributed by atoms with E-state index in [1.807, 2.05) is 31.2 Å². The standard InChI is InChI=1S/C16H17N3O3S/c1-10-5-2-3-7-12(10)22-9-13(20)19-16-18-11-6-4-8-17-15(21)14(11)23-16/h2-3,5,7H,4,6,8-9H2,1H3,(H,17,21)(H,18,19,20). The maximum absolute atomic E-state index is 12.0. The molecule has 0 radical (unpaired) electrons. The van der Waals surface area contributed by atoms with Gasteiger partial charge in [-0.05, 0) is 31.4 Å². The van der Waals surface area contributed by atoms with E-state index in [1.165, 1.54) is 11.3 Å². The fourth-order valence-corrected chi connectivity index (χ4v) is 3.25. The van der Waals surface area contributed by atoms with Crippen LogP contribution in [0.15, 0.2) is 24.3 Å². The first-order valence-electron chi connectivity index (χ1n) is 7.39. The number of thiazole rings is 1. The van der Waals surface area contributed by atoms with Crippen LogP contribution in [0.25, 0.3) is 0 Å². The molecule has 1 aliphatic rings. The van der Waals surface area contributed by atoms with E-state index in [4.69, 9.17) is 4.74 Å². The Morgan fingerprint density at radius 3 is 3.09 bits per heavy atom. The Kier molecular flexibility index (Phi) is 4.57. The lowest BCUT2D eigenvalue weighted by Crippen LogP contribution is -2.21. The maximum atomic E-state index is 12.0. The third kappa shape index (κ3) is 3.68. The zero-order chi connectivity index (χ0) is 16.2. The van der Waals surface area contributed by atoms with Crippen LogP contribution in [0.3, 0.4) is 0 Å². The molecule has 0 fully saturated rings. The zero-order valence-corrected chi connectivity index (χ0v) is 13.5. The minimum atomic E-state index is -0.294. The van der Waals surface area contributed by atoms with E-state index in [0.717, 1.165) is 24.1 Å². The fourth-order valence-electron chi connectivity index (χ4n) is 2.31. The van der Waals surface area contributed by atoms with Crippen LogP contribution in [0.4, 0.5) is 5.13 Å². The van der Waals surface area contributed by atoms with E-state index in [-0.39, 0.29) is 18.4 Å². The van der Waals surface area contributed by atoms with Crippen LogP contribution in [-0.2, 0) is 11.2 Å². The molecule has 6 nitrogen and oxygen atoms in total. The molecule has 1 aliphatic heterocycles. The Hall–Kier alpha value is -2.41. The van der Waals surface area contributed by atoms with Crippen molar-refractivity contribution in [1.29, 1.82) is 0 Å². The summed E-state index contributed by atoms with van der Waals surface area (Å²) in [7, 11) is 0. The number of hydrogen-bond acceptors (Lipinski definition) is 5. The van der Waals surface area contributed by atoms with Gasteiger partial charge in [-0.15, -0.1) is 0 Å². The van der Waals surface area contributed by atoms with E-state index in [1.54, 1.807) is 0 Å². The normalized spacial score (nSPS) is 13.7. The average molecular weight is 331 g/mol. The minimum absolute atomic E-state index is 0.0959. The Bertz CT molecular complexity index is 742. The minimum Gasteiger partial charge on any atom is -0.483 e. The Labute approximate surface area is 137 Å². The van der Waals surface area contributed by atoms with Gasteiger partial charge in [0, 0.05) is 6.54 Å². The molecule has 2 aromatic rings. The first-order chi connectivity index (χ1) is 11.1. The number of nitrogens with zero attached hydrogens (tertiary/aromatic N) is 1. The molecule has 1 aromatic carbocycles. The van der Waals surface area contributed by atoms with Gasteiger partial charge in [-0.2, -0.15) is 0 Å². The number of benzene rings is 1. The van der Waals surface area contributed by atoms with Crippen LogP contribution in [0.1, 0.15) is 27.3 Å². The molecular formula is C16H17N3O3S. The molecule has 0 unspecified atom stereocenters. The van der Waals surface area contributed by atoms with E-state index < -0.39 is 0 Å². The highest BCUT2D eigenvalue weighted by Gasteiger charge is 2.21. The van der Waals surface area contributed by atoms with Crippen molar-refractivity contribution in [2.24, 2.45) is 0 Å². The number of nitrogens with one attached hydrogen (secondary N) is 2. The highest BCUT2D eigenvalue weighted by atomic mass is 32.1. The smallest absolute Gasteiger partial charge is 0.264 e. The lowest BCUT2D eigenvalue weighted by atomic mass is 10.2. The number of carbonyl (C=O) groups excluding carboxylic acids is 2. The van der Waals surface area contributed by atoms with Gasteiger partial charge in [-0.25, -0.2) is 4.98 Å². The lowest BCUT2D eigenvalue weighted by molar-refractivity contribution is -0.118. The van der Waals surface area contributed by atoms with Gasteiger partial charge >= 0.3 is 0 Å². The highest BCUT2D eigenvalue weighted by Crippen LogP contribution is 2.25. The number of para-hydroxylation sites is 1. The first kappa shape index (κ1) is 15.5. The predicted octanol–water partition coefficient (Wildman–Crippen LogP) is 2.15. The number of amides is 2. The second-order valence-electron chi connectivity index (χ2n) is 5.26. The number of hydrogen-bond donors (Lipinski definition) is 2. The van der Waals surface area contributed by atoms with Gasteiger partial charge in [-0.3, -0.25) is 14.9 Å². The van der Waals surface area contributed by atoms with E-state index in [2.05, 4.69) is 15.6 Å². The Morgan fingerprint density at radius 1 is 1.43 bits per heavy atom. The Morgan fingerprint density at radius 2 is 2.26 bits per heavy atom. The van der Waals surface area contributed by atoms with Crippen LogP contribution in [0.2, 0.25) is 0 Å². The van der Waals surface area contributed by atoms with Crippen LogP contribution in [-0.4, -0.2) is 29.9 Å². The van der Waals surface area contributed by atoms with Crippen molar-refractivity contribution < 1.29 is 14.3 Å². The molecule has 120 valence electrons. The molecule has 23 heavy (non-hydrogen) atoms. The molecule has 0 spiro atoms. The third-order valence-corrected chi connectivity index (χ3v) is 4.49. The topological polar surface area (TPSA) is 80.3 Å². The van der Waals surface area contributed by atoms with Crippen molar-refractivity contribution in [3.63, 3.8) is 0 Å². The first-order valence-corrected chi connectivity index (χ1v) is 8.21. The summed E-state index contributed by atoms with van der Waals surface area (Å²) in [5.41, 5.74) is 1.72. The Balaban J connectivity index is 1.61. The molecule has 0 saturated carbocycles. The van der Waals surface area contributed by atoms with E-state index in [9.17, 15) is 9.59 Å². The number of anilines is 1. The van der Waals surface area contributed by atoms with Crippen molar-refractivity contribution in [1.82, 2.24) is 10.3 Å². The molecule has 0 aliphatic carbocycles. The number of fused-ring (bicyclic) bond motifs is 1. The van der Waals surface area contributed by atoms with Crippen LogP contribution in [0, 0.1) is 6.92 Å². The lowest BCUT2D eigenvalue weighted by Gasteiger charge is -2.08. The summed E-state index contributed by atoms with van der Waals surface area (Å²) in [6, 6.07) is 7.51. The van der Waals surface area contributed by atoms with Gasteiger partial charge in [0.15, 0.2) is 11.7 Å². The van der Waals surface area contributed by atoms with Crippen molar-refractivity contribution in [3.8, 4) is 5.75 Å². The van der Waals surface area contributed by atoms with Crippen molar-refractivity contribution in [2.45, 2.75) is 19.8 Å². The highest BCUT2D eigenvalue weighted by molar-refractivity contribution is 7.17. The summed E-state index contributed by atoms with van der Waals surface area (Å²) >= 11 is 1.20. The second kappa shape index (κ2) is 6.78. The van der Waals surface area contributed by atoms with Crippen molar-refractivity contribution >= 4 is 28.3 Å². The van der Waals surface area contributed by atoms with Gasteiger partial charge in [0.25, 0.3) is 11.8 Å². The van der Waals surface area contributed by atoms with Crippen molar-refractivity contribution in [3.05, 3.63) is 40.4 Å². The maximum Gasteiger partial charge on any atom is 0.264 e. The number of rotatable bonds is 4. The summed E-state index contributed by atoms with van der Waals surface area (Å²) in [6.45, 7) is 2.48. The molecule has 7 heteroatoms. The van der Waals surface area contributed by atoms with Gasteiger partial charge in [0.1, 0.15) is 10.6 Å². The number of aromatic nitrogens is 1. The molecule has 1 aromatic heterocycles. The van der Waals surface area contributed by atoms with Crippen LogP contribution < -0.4 is 15.4 Å². The van der Waals surface area contributed by atoms with Crippen molar-refractivity contribution in [2.75, 3.05) is 18.5 Å². The second-order valence-corrected chi connectivity index (χ2v) is 6.26. The predicted molar refractivity (Wildman–Crippen MR) is 88.1 cm³/mol. The summed E-state index contributed by atoms with van der Waals surface area (Å²) in [5, 5.41) is 5.94. The average Bonchev–Trinajstić information content (AvgIpc) is 2.85. The summed E-state index contributed by atoms with van der Waals surface area (Å²) in [4.78, 5) is 28.8. The zero-order valence-electron chi connectivity index (χ0n) is 12.7. The van der Waals surface area contributed by atoms with Gasteiger partial charge in [0.05, 0.1) is 5.69 Å². The number of aryl methyl sites for hydroxylation is 2. The fraction of sp³-hybridized carbons (Fsp3) is 0.312. The molecule has 2 N–H and O–H groups in total. The molecule has 0 bridgehead atoms. The summed E-state index contributed by atoms with van der Waals surface area (Å²) in [6.07, 6.45) is 1.59. The van der Waals surface area contributed by atoms with E-state index >= 15 is 0 Å². The molecular weight excluding hydrogens is 314 g/mol. The SMILES string of the molecule is Cc1ccccc1OCC(=O)Nc1nc2c(s1)C(=O)NCCC2. The largest absolute Gasteiger partial charge is 0.483 e. The quantitative estimate of drug-likeness (QED) is 0.899. The van der Waals surface area contributed by atoms with Crippen LogP contribution >= 0.6 is 11.3 Å². The van der Waals surface area contributed by atoms with Crippen LogP contribution in [0.5, 0.6) is 5.75 Å². The molecule has 3 rings (SSSR count). The number of ether oxygens (including phenoxy) is 1. The molecule has 2 heterocycles. The van der Waals surface area contributed by atoms with Gasteiger partial charge < -0.3 is 10.1 Å². The summed E-state index contributed by atoms with van der Waals surface area (Å²) in [5.74, 6) is 0.265. The number of carbonyl (C=O) groups is 2. The third-order valence-electron chi connectivity index (χ3n) is 3.48. The monoisotopic (exact) mass is 331 g/mol. The molecule has 0 saturated heterocycles. The molecule has 2 amide bonds. The van der Waals surface area contributed by atoms with Gasteiger partial charge in [0.2, 0.25) is 0 Å². The molecule has 0 atom stereocenters. The van der Waals surface area contributed by atoms with Gasteiger partial charge in [-0.1, -0.05) is 29.5 Å².